The molecule has 1 heterocycles. The van der Waals surface area contributed by atoms with E-state index in [0.29, 0.717) is 22.0 Å². The van der Waals surface area contributed by atoms with Gasteiger partial charge in [0.15, 0.2) is 9.84 Å². The number of anilines is 1. The number of rotatable bonds is 4. The molecule has 2 aromatic carbocycles. The molecular weight excluding hydrogens is 362 g/mol. The Balaban J connectivity index is 1.77. The van der Waals surface area contributed by atoms with E-state index < -0.39 is 9.84 Å². The Morgan fingerprint density at radius 1 is 1.20 bits per heavy atom. The highest BCUT2D eigenvalue weighted by Crippen LogP contribution is 2.29. The Kier molecular flexibility index (Phi) is 4.83. The molecule has 1 aliphatic rings. The van der Waals surface area contributed by atoms with E-state index in [-0.39, 0.29) is 23.2 Å². The number of carbonyl (C=O) groups excluding carboxylic acids is 1. The summed E-state index contributed by atoms with van der Waals surface area (Å²) in [6.45, 7) is 1.74. The molecule has 0 aromatic heterocycles. The predicted molar refractivity (Wildman–Crippen MR) is 97.7 cm³/mol. The van der Waals surface area contributed by atoms with Crippen LogP contribution in [-0.4, -0.2) is 26.7 Å². The first kappa shape index (κ1) is 17.5. The van der Waals surface area contributed by atoms with E-state index in [2.05, 4.69) is 5.32 Å². The Hall–Kier alpha value is -2.31. The summed E-state index contributed by atoms with van der Waals surface area (Å²) in [7, 11) is -3.26. The monoisotopic (exact) mass is 377 g/mol. The second-order valence-corrected chi connectivity index (χ2v) is 8.24. The van der Waals surface area contributed by atoms with Gasteiger partial charge in [0, 0.05) is 16.3 Å². The molecule has 3 rings (SSSR count). The zero-order valence-electron chi connectivity index (χ0n) is 13.5. The van der Waals surface area contributed by atoms with Crippen molar-refractivity contribution in [3.8, 4) is 5.75 Å². The second-order valence-electron chi connectivity index (χ2n) is 5.52. The van der Waals surface area contributed by atoms with E-state index in [1.54, 1.807) is 43.3 Å². The van der Waals surface area contributed by atoms with Crippen molar-refractivity contribution in [2.24, 2.45) is 0 Å². The van der Waals surface area contributed by atoms with Crippen molar-refractivity contribution >= 4 is 39.1 Å². The highest BCUT2D eigenvalue weighted by atomic mass is 35.5. The van der Waals surface area contributed by atoms with Crippen LogP contribution in [0.25, 0.3) is 6.08 Å². The summed E-state index contributed by atoms with van der Waals surface area (Å²) in [5.74, 6) is 0.400. The molecule has 0 saturated heterocycles. The van der Waals surface area contributed by atoms with Gasteiger partial charge in [-0.3, -0.25) is 4.79 Å². The number of carbonyl (C=O) groups is 1. The predicted octanol–water partition coefficient (Wildman–Crippen LogP) is 3.55. The number of benzene rings is 2. The molecule has 0 saturated carbocycles. The van der Waals surface area contributed by atoms with Crippen molar-refractivity contribution < 1.29 is 17.9 Å². The van der Waals surface area contributed by atoms with Gasteiger partial charge in [-0.05, 0) is 48.5 Å². The average Bonchev–Trinajstić information content (AvgIpc) is 2.61. The van der Waals surface area contributed by atoms with Crippen LogP contribution in [0.1, 0.15) is 12.5 Å². The molecule has 0 fully saturated rings. The fourth-order valence-electron chi connectivity index (χ4n) is 2.40. The minimum Gasteiger partial charge on any atom is -0.488 e. The summed E-state index contributed by atoms with van der Waals surface area (Å²) in [6, 6.07) is 11.3. The van der Waals surface area contributed by atoms with Crippen molar-refractivity contribution in [3.63, 3.8) is 0 Å². The van der Waals surface area contributed by atoms with Gasteiger partial charge in [0.25, 0.3) is 5.91 Å². The van der Waals surface area contributed by atoms with Crippen LogP contribution in [0.3, 0.4) is 0 Å². The molecule has 0 unspecified atom stereocenters. The maximum absolute atomic E-state index is 12.4. The zero-order chi connectivity index (χ0) is 18.0. The molecule has 1 aliphatic heterocycles. The third-order valence-corrected chi connectivity index (χ3v) is 5.81. The first-order valence-electron chi connectivity index (χ1n) is 7.66. The third kappa shape index (κ3) is 3.86. The molecule has 5 nitrogen and oxygen atoms in total. The second kappa shape index (κ2) is 6.90. The molecule has 1 N–H and O–H groups in total. The van der Waals surface area contributed by atoms with Crippen LogP contribution in [-0.2, 0) is 14.6 Å². The maximum atomic E-state index is 12.4. The van der Waals surface area contributed by atoms with Gasteiger partial charge in [0.05, 0.1) is 16.2 Å². The minimum atomic E-state index is -3.26. The molecule has 130 valence electrons. The number of amides is 1. The van der Waals surface area contributed by atoms with Crippen molar-refractivity contribution in [1.29, 1.82) is 0 Å². The van der Waals surface area contributed by atoms with E-state index in [9.17, 15) is 13.2 Å². The normalized spacial score (nSPS) is 13.4. The Morgan fingerprint density at radius 2 is 1.92 bits per heavy atom. The zero-order valence-corrected chi connectivity index (χ0v) is 15.0. The SMILES string of the molecule is CCS(=O)(=O)c1ccc(NC(=O)C2=Cc3cc(Cl)ccc3OC2)cc1. The van der Waals surface area contributed by atoms with Crippen LogP contribution in [0.2, 0.25) is 5.02 Å². The number of ether oxygens (including phenoxy) is 1. The summed E-state index contributed by atoms with van der Waals surface area (Å²) in [5, 5.41) is 3.30. The lowest BCUT2D eigenvalue weighted by Crippen LogP contribution is -2.21. The third-order valence-electron chi connectivity index (χ3n) is 3.83. The van der Waals surface area contributed by atoms with Crippen molar-refractivity contribution in [2.45, 2.75) is 11.8 Å². The number of hydrogen-bond donors (Lipinski definition) is 1. The van der Waals surface area contributed by atoms with E-state index in [1.165, 1.54) is 12.1 Å². The highest BCUT2D eigenvalue weighted by Gasteiger charge is 2.18. The smallest absolute Gasteiger partial charge is 0.255 e. The average molecular weight is 378 g/mol. The molecular formula is C18H16ClNO4S. The number of halogens is 1. The number of hydrogen-bond acceptors (Lipinski definition) is 4. The molecule has 1 amide bonds. The van der Waals surface area contributed by atoms with Gasteiger partial charge in [0.2, 0.25) is 0 Å². The minimum absolute atomic E-state index is 0.0326. The van der Waals surface area contributed by atoms with Gasteiger partial charge >= 0.3 is 0 Å². The fraction of sp³-hybridized carbons (Fsp3) is 0.167. The van der Waals surface area contributed by atoms with E-state index in [0.717, 1.165) is 5.56 Å². The largest absolute Gasteiger partial charge is 0.488 e. The lowest BCUT2D eigenvalue weighted by Gasteiger charge is -2.18. The molecule has 0 radical (unpaired) electrons. The van der Waals surface area contributed by atoms with Crippen LogP contribution in [0, 0.1) is 0 Å². The van der Waals surface area contributed by atoms with Crippen LogP contribution >= 0.6 is 11.6 Å². The first-order valence-corrected chi connectivity index (χ1v) is 9.69. The number of nitrogens with one attached hydrogen (secondary N) is 1. The Morgan fingerprint density at radius 3 is 2.60 bits per heavy atom. The molecule has 7 heteroatoms. The van der Waals surface area contributed by atoms with Crippen LogP contribution in [0.4, 0.5) is 5.69 Å². The Labute approximate surface area is 151 Å². The fourth-order valence-corrected chi connectivity index (χ4v) is 3.47. The lowest BCUT2D eigenvalue weighted by atomic mass is 10.1. The standard InChI is InChI=1S/C18H16ClNO4S/c1-2-25(22,23)16-6-4-15(5-7-16)20-18(21)13-9-12-10-14(19)3-8-17(12)24-11-13/h3-10H,2,11H2,1H3,(H,20,21). The van der Waals surface area contributed by atoms with E-state index >= 15 is 0 Å². The first-order chi connectivity index (χ1) is 11.9. The van der Waals surface area contributed by atoms with Gasteiger partial charge in [-0.15, -0.1) is 0 Å². The molecule has 0 spiro atoms. The summed E-state index contributed by atoms with van der Waals surface area (Å²) < 4.78 is 29.2. The van der Waals surface area contributed by atoms with Gasteiger partial charge in [0.1, 0.15) is 12.4 Å². The van der Waals surface area contributed by atoms with Crippen molar-refractivity contribution in [1.82, 2.24) is 0 Å². The van der Waals surface area contributed by atoms with Gasteiger partial charge in [-0.25, -0.2) is 8.42 Å². The quantitative estimate of drug-likeness (QED) is 0.884. The summed E-state index contributed by atoms with van der Waals surface area (Å²) in [5.41, 5.74) is 1.71. The van der Waals surface area contributed by atoms with Crippen molar-refractivity contribution in [2.75, 3.05) is 17.7 Å². The molecule has 0 atom stereocenters. The van der Waals surface area contributed by atoms with Gasteiger partial charge in [-0.1, -0.05) is 18.5 Å². The molecule has 0 bridgehead atoms. The summed E-state index contributed by atoms with van der Waals surface area (Å²) in [6.07, 6.45) is 1.73. The van der Waals surface area contributed by atoms with Crippen LogP contribution < -0.4 is 10.1 Å². The van der Waals surface area contributed by atoms with E-state index in [1.807, 2.05) is 0 Å². The highest BCUT2D eigenvalue weighted by molar-refractivity contribution is 7.91. The molecule has 0 aliphatic carbocycles. The molecule has 25 heavy (non-hydrogen) atoms. The molecule has 2 aromatic rings. The van der Waals surface area contributed by atoms with Crippen molar-refractivity contribution in [3.05, 3.63) is 58.6 Å². The van der Waals surface area contributed by atoms with Crippen LogP contribution in [0.5, 0.6) is 5.75 Å². The maximum Gasteiger partial charge on any atom is 0.255 e. The lowest BCUT2D eigenvalue weighted by molar-refractivity contribution is -0.113. The number of fused-ring (bicyclic) bond motifs is 1. The number of sulfone groups is 1. The van der Waals surface area contributed by atoms with Gasteiger partial charge < -0.3 is 10.1 Å². The summed E-state index contributed by atoms with van der Waals surface area (Å²) in [4.78, 5) is 12.6. The van der Waals surface area contributed by atoms with E-state index in [4.69, 9.17) is 16.3 Å². The van der Waals surface area contributed by atoms with Crippen LogP contribution in [0.15, 0.2) is 52.9 Å². The summed E-state index contributed by atoms with van der Waals surface area (Å²) >= 11 is 5.96. The topological polar surface area (TPSA) is 72.5 Å². The van der Waals surface area contributed by atoms with Gasteiger partial charge in [-0.2, -0.15) is 0 Å². The Bertz CT molecular complexity index is 950.